The Morgan fingerprint density at radius 3 is 2.41 bits per heavy atom. The quantitative estimate of drug-likeness (QED) is 0.277. The fraction of sp³-hybridized carbons (Fsp3) is 0.833. The third-order valence-corrected chi connectivity index (χ3v) is 3.67. The van der Waals surface area contributed by atoms with E-state index in [1.807, 2.05) is 0 Å². The predicted octanol–water partition coefficient (Wildman–Crippen LogP) is 3.46. The number of hydrogen-bond donors (Lipinski definition) is 2. The molecule has 0 atom stereocenters. The molecule has 0 heterocycles. The SMILES string of the molecule is CC/C=C/CCCC(=O)NCN(C)CCCCCCCCO. The van der Waals surface area contributed by atoms with Gasteiger partial charge < -0.3 is 10.4 Å². The Hall–Kier alpha value is -0.870. The van der Waals surface area contributed by atoms with Crippen molar-refractivity contribution in [1.82, 2.24) is 10.2 Å². The zero-order chi connectivity index (χ0) is 16.5. The second-order valence-corrected chi connectivity index (χ2v) is 5.95. The largest absolute Gasteiger partial charge is 0.396 e. The number of nitrogens with one attached hydrogen (secondary N) is 1. The van der Waals surface area contributed by atoms with Gasteiger partial charge in [-0.25, -0.2) is 0 Å². The van der Waals surface area contributed by atoms with Crippen molar-refractivity contribution in [3.05, 3.63) is 12.2 Å². The number of amides is 1. The van der Waals surface area contributed by atoms with E-state index in [0.29, 0.717) is 19.7 Å². The zero-order valence-corrected chi connectivity index (χ0v) is 14.6. The van der Waals surface area contributed by atoms with Crippen LogP contribution in [0.5, 0.6) is 0 Å². The maximum absolute atomic E-state index is 11.7. The fourth-order valence-electron chi connectivity index (χ4n) is 2.26. The van der Waals surface area contributed by atoms with Crippen LogP contribution in [0.15, 0.2) is 12.2 Å². The van der Waals surface area contributed by atoms with E-state index in [0.717, 1.165) is 38.6 Å². The first kappa shape index (κ1) is 21.1. The maximum atomic E-state index is 11.7. The average molecular weight is 312 g/mol. The van der Waals surface area contributed by atoms with Crippen LogP contribution in [-0.2, 0) is 4.79 Å². The number of nitrogens with zero attached hydrogens (tertiary/aromatic N) is 1. The molecule has 0 unspecified atom stereocenters. The molecule has 1 amide bonds. The maximum Gasteiger partial charge on any atom is 0.221 e. The first-order chi connectivity index (χ1) is 10.7. The average Bonchev–Trinajstić information content (AvgIpc) is 2.52. The molecular weight excluding hydrogens is 276 g/mol. The summed E-state index contributed by atoms with van der Waals surface area (Å²) in [4.78, 5) is 13.8. The molecule has 0 aliphatic carbocycles. The van der Waals surface area contributed by atoms with Gasteiger partial charge in [-0.1, -0.05) is 44.8 Å². The first-order valence-corrected chi connectivity index (χ1v) is 8.91. The Bertz CT molecular complexity index is 280. The molecule has 22 heavy (non-hydrogen) atoms. The minimum Gasteiger partial charge on any atom is -0.396 e. The Morgan fingerprint density at radius 1 is 1.05 bits per heavy atom. The highest BCUT2D eigenvalue weighted by molar-refractivity contribution is 5.75. The van der Waals surface area contributed by atoms with Gasteiger partial charge in [-0.15, -0.1) is 0 Å². The number of rotatable bonds is 15. The minimum absolute atomic E-state index is 0.153. The molecule has 0 saturated heterocycles. The summed E-state index contributed by atoms with van der Waals surface area (Å²) in [5.41, 5.74) is 0. The summed E-state index contributed by atoms with van der Waals surface area (Å²) < 4.78 is 0. The van der Waals surface area contributed by atoms with Crippen LogP contribution in [0.25, 0.3) is 0 Å². The zero-order valence-electron chi connectivity index (χ0n) is 14.6. The van der Waals surface area contributed by atoms with Crippen molar-refractivity contribution in [2.75, 3.05) is 26.9 Å². The summed E-state index contributed by atoms with van der Waals surface area (Å²) in [6.45, 7) is 4.11. The van der Waals surface area contributed by atoms with Gasteiger partial charge in [0, 0.05) is 13.0 Å². The summed E-state index contributed by atoms with van der Waals surface area (Å²) in [7, 11) is 2.05. The molecule has 0 aliphatic heterocycles. The molecular formula is C18H36N2O2. The van der Waals surface area contributed by atoms with E-state index in [-0.39, 0.29) is 5.91 Å². The van der Waals surface area contributed by atoms with Crippen LogP contribution in [-0.4, -0.2) is 42.8 Å². The second-order valence-electron chi connectivity index (χ2n) is 5.95. The van der Waals surface area contributed by atoms with E-state index in [1.54, 1.807) is 0 Å². The van der Waals surface area contributed by atoms with Gasteiger partial charge >= 0.3 is 0 Å². The Balaban J connectivity index is 3.38. The molecule has 0 spiro atoms. The second kappa shape index (κ2) is 16.5. The van der Waals surface area contributed by atoms with Crippen molar-refractivity contribution in [2.24, 2.45) is 0 Å². The van der Waals surface area contributed by atoms with Crippen molar-refractivity contribution in [2.45, 2.75) is 71.1 Å². The lowest BCUT2D eigenvalue weighted by atomic mass is 10.1. The molecule has 130 valence electrons. The molecule has 4 heteroatoms. The van der Waals surface area contributed by atoms with E-state index >= 15 is 0 Å². The van der Waals surface area contributed by atoms with Crippen LogP contribution in [0.1, 0.15) is 71.1 Å². The molecule has 0 aromatic heterocycles. The topological polar surface area (TPSA) is 52.6 Å². The Kier molecular flexibility index (Phi) is 15.8. The summed E-state index contributed by atoms with van der Waals surface area (Å²) in [5, 5.41) is 11.7. The first-order valence-electron chi connectivity index (χ1n) is 8.91. The van der Waals surface area contributed by atoms with Gasteiger partial charge in [-0.2, -0.15) is 0 Å². The molecule has 0 aromatic rings. The number of unbranched alkanes of at least 4 members (excludes halogenated alkanes) is 6. The summed E-state index contributed by atoms with van der Waals surface area (Å²) >= 11 is 0. The van der Waals surface area contributed by atoms with Gasteiger partial charge in [0.1, 0.15) is 0 Å². The van der Waals surface area contributed by atoms with Crippen LogP contribution in [0, 0.1) is 0 Å². The Morgan fingerprint density at radius 2 is 1.73 bits per heavy atom. The molecule has 0 bridgehead atoms. The summed E-state index contributed by atoms with van der Waals surface area (Å²) in [6.07, 6.45) is 14.8. The van der Waals surface area contributed by atoms with E-state index in [9.17, 15) is 4.79 Å². The van der Waals surface area contributed by atoms with Gasteiger partial charge in [-0.3, -0.25) is 9.69 Å². The molecule has 0 fully saturated rings. The van der Waals surface area contributed by atoms with Crippen LogP contribution in [0.4, 0.5) is 0 Å². The predicted molar refractivity (Wildman–Crippen MR) is 93.7 cm³/mol. The molecule has 0 aromatic carbocycles. The lowest BCUT2D eigenvalue weighted by Gasteiger charge is -2.17. The number of carbonyl (C=O) groups excluding carboxylic acids is 1. The van der Waals surface area contributed by atoms with Gasteiger partial charge in [0.05, 0.1) is 6.67 Å². The number of carbonyl (C=O) groups is 1. The van der Waals surface area contributed by atoms with Crippen molar-refractivity contribution >= 4 is 5.91 Å². The number of allylic oxidation sites excluding steroid dienone is 2. The normalized spacial score (nSPS) is 11.5. The highest BCUT2D eigenvalue weighted by atomic mass is 16.2. The van der Waals surface area contributed by atoms with Gasteiger partial charge in [-0.05, 0) is 45.7 Å². The van der Waals surface area contributed by atoms with Crippen LogP contribution < -0.4 is 5.32 Å². The van der Waals surface area contributed by atoms with Crippen molar-refractivity contribution in [1.29, 1.82) is 0 Å². The number of aliphatic hydroxyl groups excluding tert-OH is 1. The van der Waals surface area contributed by atoms with E-state index < -0.39 is 0 Å². The van der Waals surface area contributed by atoms with Crippen LogP contribution in [0.2, 0.25) is 0 Å². The standard InChI is InChI=1S/C18H36N2O2/c1-3-4-5-8-11-14-18(22)19-17-20(2)15-12-9-6-7-10-13-16-21/h4-5,21H,3,6-17H2,1-2H3,(H,19,22)/b5-4+. The van der Waals surface area contributed by atoms with Crippen LogP contribution >= 0.6 is 0 Å². The number of hydrogen-bond acceptors (Lipinski definition) is 3. The highest BCUT2D eigenvalue weighted by Crippen LogP contribution is 2.05. The van der Waals surface area contributed by atoms with Gasteiger partial charge in [0.2, 0.25) is 5.91 Å². The lowest BCUT2D eigenvalue weighted by Crippen LogP contribution is -2.35. The molecule has 0 saturated carbocycles. The monoisotopic (exact) mass is 312 g/mol. The summed E-state index contributed by atoms with van der Waals surface area (Å²) in [5.74, 6) is 0.153. The van der Waals surface area contributed by atoms with Crippen molar-refractivity contribution in [3.8, 4) is 0 Å². The molecule has 0 aliphatic rings. The number of aliphatic hydroxyl groups is 1. The fourth-order valence-corrected chi connectivity index (χ4v) is 2.26. The van der Waals surface area contributed by atoms with E-state index in [4.69, 9.17) is 5.11 Å². The third kappa shape index (κ3) is 15.5. The highest BCUT2D eigenvalue weighted by Gasteiger charge is 2.02. The van der Waals surface area contributed by atoms with Gasteiger partial charge in [0.15, 0.2) is 0 Å². The minimum atomic E-state index is 0.153. The lowest BCUT2D eigenvalue weighted by molar-refractivity contribution is -0.121. The molecule has 0 radical (unpaired) electrons. The molecule has 4 nitrogen and oxygen atoms in total. The van der Waals surface area contributed by atoms with Crippen molar-refractivity contribution < 1.29 is 9.90 Å². The summed E-state index contributed by atoms with van der Waals surface area (Å²) in [6, 6.07) is 0. The Labute approximate surface area is 137 Å². The van der Waals surface area contributed by atoms with Gasteiger partial charge in [0.25, 0.3) is 0 Å². The smallest absolute Gasteiger partial charge is 0.221 e. The third-order valence-electron chi connectivity index (χ3n) is 3.67. The molecule has 0 rings (SSSR count). The van der Waals surface area contributed by atoms with Crippen molar-refractivity contribution in [3.63, 3.8) is 0 Å². The molecule has 2 N–H and O–H groups in total. The van der Waals surface area contributed by atoms with E-state index in [1.165, 1.54) is 25.7 Å². The van der Waals surface area contributed by atoms with E-state index in [2.05, 4.69) is 36.3 Å². The van der Waals surface area contributed by atoms with Crippen LogP contribution in [0.3, 0.4) is 0 Å².